The predicted octanol–water partition coefficient (Wildman–Crippen LogP) is 4.59. The average Bonchev–Trinajstić information content (AvgIpc) is 2.53. The fraction of sp³-hybridized carbons (Fsp3) is 0.211. The van der Waals surface area contributed by atoms with Gasteiger partial charge in [0.15, 0.2) is 0 Å². The molecule has 3 rings (SSSR count). The highest BCUT2D eigenvalue weighted by Gasteiger charge is 2.19. The molecule has 0 radical (unpaired) electrons. The van der Waals surface area contributed by atoms with E-state index < -0.39 is 11.7 Å². The molecule has 0 saturated carbocycles. The van der Waals surface area contributed by atoms with E-state index in [1.807, 2.05) is 0 Å². The summed E-state index contributed by atoms with van der Waals surface area (Å²) < 4.78 is 5.28. The Morgan fingerprint density at radius 3 is 2.62 bits per heavy atom. The normalized spacial score (nSPS) is 11.4. The van der Waals surface area contributed by atoms with Crippen LogP contribution in [-0.2, 0) is 4.74 Å². The molecule has 26 heavy (non-hydrogen) atoms. The number of aromatic nitrogens is 2. The summed E-state index contributed by atoms with van der Waals surface area (Å²) in [6.45, 7) is 5.31. The van der Waals surface area contributed by atoms with Crippen LogP contribution in [0.3, 0.4) is 0 Å². The van der Waals surface area contributed by atoms with Gasteiger partial charge in [0.1, 0.15) is 11.4 Å². The molecule has 134 valence electrons. The number of amides is 1. The van der Waals surface area contributed by atoms with Crippen molar-refractivity contribution < 1.29 is 9.53 Å². The van der Waals surface area contributed by atoms with E-state index in [9.17, 15) is 9.59 Å². The van der Waals surface area contributed by atoms with Gasteiger partial charge in [-0.25, -0.2) is 9.78 Å². The van der Waals surface area contributed by atoms with Crippen LogP contribution in [0.25, 0.3) is 22.3 Å². The number of halogens is 1. The lowest BCUT2D eigenvalue weighted by Gasteiger charge is -2.20. The monoisotopic (exact) mass is 371 g/mol. The molecule has 0 saturated heterocycles. The standard InChI is InChI=1S/C19H18ClN3O3/c1-19(2,3)26-18(25)22-14-10-6-8-12(20)15(14)16-21-13-9-5-4-7-11(13)17(24)23-16/h4-10H,1-3H3,(H,22,25)(H,21,23,24). The highest BCUT2D eigenvalue weighted by molar-refractivity contribution is 6.34. The molecular weight excluding hydrogens is 354 g/mol. The van der Waals surface area contributed by atoms with Gasteiger partial charge in [-0.1, -0.05) is 29.8 Å². The highest BCUT2D eigenvalue weighted by atomic mass is 35.5. The largest absolute Gasteiger partial charge is 0.444 e. The van der Waals surface area contributed by atoms with E-state index in [0.29, 0.717) is 27.2 Å². The Balaban J connectivity index is 2.08. The molecule has 0 spiro atoms. The van der Waals surface area contributed by atoms with Gasteiger partial charge >= 0.3 is 6.09 Å². The van der Waals surface area contributed by atoms with Gasteiger partial charge in [-0.05, 0) is 45.0 Å². The molecule has 3 aromatic rings. The van der Waals surface area contributed by atoms with E-state index in [1.165, 1.54) is 0 Å². The number of hydrogen-bond acceptors (Lipinski definition) is 4. The molecular formula is C19H18ClN3O3. The minimum absolute atomic E-state index is 0.269. The van der Waals surface area contributed by atoms with Crippen molar-refractivity contribution in [3.63, 3.8) is 0 Å². The molecule has 0 fully saturated rings. The Morgan fingerprint density at radius 1 is 1.15 bits per heavy atom. The summed E-state index contributed by atoms with van der Waals surface area (Å²) in [7, 11) is 0. The molecule has 2 aromatic carbocycles. The van der Waals surface area contributed by atoms with E-state index in [4.69, 9.17) is 16.3 Å². The molecule has 0 atom stereocenters. The number of nitrogens with one attached hydrogen (secondary N) is 2. The summed E-state index contributed by atoms with van der Waals surface area (Å²) in [4.78, 5) is 31.7. The molecule has 2 N–H and O–H groups in total. The highest BCUT2D eigenvalue weighted by Crippen LogP contribution is 2.33. The van der Waals surface area contributed by atoms with Gasteiger partial charge in [-0.3, -0.25) is 10.1 Å². The maximum absolute atomic E-state index is 12.4. The Kier molecular flexibility index (Phi) is 4.70. The van der Waals surface area contributed by atoms with Crippen LogP contribution in [0, 0.1) is 0 Å². The Morgan fingerprint density at radius 2 is 1.88 bits per heavy atom. The average molecular weight is 372 g/mol. The third kappa shape index (κ3) is 3.86. The summed E-state index contributed by atoms with van der Waals surface area (Å²) in [5.74, 6) is 0.269. The smallest absolute Gasteiger partial charge is 0.412 e. The molecule has 6 nitrogen and oxygen atoms in total. The van der Waals surface area contributed by atoms with Crippen molar-refractivity contribution in [2.75, 3.05) is 5.32 Å². The topological polar surface area (TPSA) is 84.1 Å². The van der Waals surface area contributed by atoms with E-state index in [-0.39, 0.29) is 11.4 Å². The van der Waals surface area contributed by atoms with Gasteiger partial charge in [-0.15, -0.1) is 0 Å². The minimum atomic E-state index is -0.641. The molecule has 0 bridgehead atoms. The molecule has 1 heterocycles. The number of benzene rings is 2. The quantitative estimate of drug-likeness (QED) is 0.690. The first-order valence-electron chi connectivity index (χ1n) is 8.02. The summed E-state index contributed by atoms with van der Waals surface area (Å²) in [5.41, 5.74) is 0.425. The summed E-state index contributed by atoms with van der Waals surface area (Å²) >= 11 is 6.33. The maximum atomic E-state index is 12.4. The Bertz CT molecular complexity index is 1040. The number of anilines is 1. The van der Waals surface area contributed by atoms with E-state index in [2.05, 4.69) is 15.3 Å². The van der Waals surface area contributed by atoms with Crippen molar-refractivity contribution >= 4 is 34.3 Å². The molecule has 1 amide bonds. The molecule has 0 aliphatic carbocycles. The van der Waals surface area contributed by atoms with Crippen LogP contribution < -0.4 is 10.9 Å². The van der Waals surface area contributed by atoms with Crippen LogP contribution in [-0.4, -0.2) is 21.7 Å². The number of fused-ring (bicyclic) bond motifs is 1. The van der Waals surface area contributed by atoms with Crippen LogP contribution >= 0.6 is 11.6 Å². The van der Waals surface area contributed by atoms with Crippen molar-refractivity contribution in [2.45, 2.75) is 26.4 Å². The van der Waals surface area contributed by atoms with E-state index >= 15 is 0 Å². The van der Waals surface area contributed by atoms with E-state index in [0.717, 1.165) is 0 Å². The minimum Gasteiger partial charge on any atom is -0.444 e. The number of hydrogen-bond donors (Lipinski definition) is 2. The first-order chi connectivity index (χ1) is 12.2. The number of carbonyl (C=O) groups excluding carboxylic acids is 1. The molecule has 1 aromatic heterocycles. The molecule has 0 aliphatic rings. The summed E-state index contributed by atoms with van der Waals surface area (Å²) in [6, 6.07) is 12.0. The zero-order valence-corrected chi connectivity index (χ0v) is 15.3. The number of aromatic amines is 1. The molecule has 0 unspecified atom stereocenters. The predicted molar refractivity (Wildman–Crippen MR) is 103 cm³/mol. The Labute approximate surface area is 155 Å². The van der Waals surface area contributed by atoms with Crippen molar-refractivity contribution in [1.82, 2.24) is 9.97 Å². The van der Waals surface area contributed by atoms with Gasteiger partial charge in [0.25, 0.3) is 5.56 Å². The second-order valence-electron chi connectivity index (χ2n) is 6.72. The zero-order chi connectivity index (χ0) is 18.9. The molecule has 7 heteroatoms. The number of H-pyrrole nitrogens is 1. The lowest BCUT2D eigenvalue weighted by molar-refractivity contribution is 0.0636. The zero-order valence-electron chi connectivity index (χ0n) is 14.6. The fourth-order valence-electron chi connectivity index (χ4n) is 2.49. The van der Waals surface area contributed by atoms with Crippen molar-refractivity contribution in [1.29, 1.82) is 0 Å². The van der Waals surface area contributed by atoms with Gasteiger partial charge < -0.3 is 9.72 Å². The fourth-order valence-corrected chi connectivity index (χ4v) is 2.75. The van der Waals surface area contributed by atoms with E-state index in [1.54, 1.807) is 63.2 Å². The van der Waals surface area contributed by atoms with Gasteiger partial charge in [-0.2, -0.15) is 0 Å². The number of para-hydroxylation sites is 1. The summed E-state index contributed by atoms with van der Waals surface area (Å²) in [5, 5.41) is 3.49. The summed E-state index contributed by atoms with van der Waals surface area (Å²) in [6.07, 6.45) is -0.621. The van der Waals surface area contributed by atoms with Crippen molar-refractivity contribution in [3.05, 3.63) is 57.8 Å². The van der Waals surface area contributed by atoms with Crippen LogP contribution in [0.5, 0.6) is 0 Å². The first kappa shape index (κ1) is 17.9. The molecule has 0 aliphatic heterocycles. The Hall–Kier alpha value is -2.86. The lowest BCUT2D eigenvalue weighted by Crippen LogP contribution is -2.27. The van der Waals surface area contributed by atoms with Gasteiger partial charge in [0, 0.05) is 0 Å². The van der Waals surface area contributed by atoms with Crippen molar-refractivity contribution in [2.24, 2.45) is 0 Å². The number of ether oxygens (including phenoxy) is 1. The third-order valence-corrected chi connectivity index (χ3v) is 3.81. The second-order valence-corrected chi connectivity index (χ2v) is 7.13. The number of nitrogens with zero attached hydrogens (tertiary/aromatic N) is 1. The number of carbonyl (C=O) groups is 1. The lowest BCUT2D eigenvalue weighted by atomic mass is 10.1. The SMILES string of the molecule is CC(C)(C)OC(=O)Nc1cccc(Cl)c1-c1nc2ccccc2c(=O)[nH]1. The van der Waals surface area contributed by atoms with Crippen LogP contribution in [0.1, 0.15) is 20.8 Å². The second kappa shape index (κ2) is 6.80. The van der Waals surface area contributed by atoms with Crippen LogP contribution in [0.2, 0.25) is 5.02 Å². The van der Waals surface area contributed by atoms with Crippen molar-refractivity contribution in [3.8, 4) is 11.4 Å². The van der Waals surface area contributed by atoms with Crippen LogP contribution in [0.15, 0.2) is 47.3 Å². The maximum Gasteiger partial charge on any atom is 0.412 e. The third-order valence-electron chi connectivity index (χ3n) is 3.50. The van der Waals surface area contributed by atoms with Crippen LogP contribution in [0.4, 0.5) is 10.5 Å². The van der Waals surface area contributed by atoms with Gasteiger partial charge in [0.05, 0.1) is 27.2 Å². The number of rotatable bonds is 2. The van der Waals surface area contributed by atoms with Gasteiger partial charge in [0.2, 0.25) is 0 Å². The first-order valence-corrected chi connectivity index (χ1v) is 8.40.